The molecule has 0 aliphatic heterocycles. The predicted molar refractivity (Wildman–Crippen MR) is 104 cm³/mol. The van der Waals surface area contributed by atoms with Crippen molar-refractivity contribution in [2.75, 3.05) is 10.6 Å². The summed E-state index contributed by atoms with van der Waals surface area (Å²) in [7, 11) is 0. The summed E-state index contributed by atoms with van der Waals surface area (Å²) in [4.78, 5) is 16.6. The number of pyridine rings is 1. The van der Waals surface area contributed by atoms with Crippen molar-refractivity contribution in [3.8, 4) is 11.6 Å². The molecule has 0 saturated carbocycles. The minimum Gasteiger partial charge on any atom is -0.461 e. The Morgan fingerprint density at radius 3 is 2.48 bits per heavy atom. The largest absolute Gasteiger partial charge is 0.461 e. The Morgan fingerprint density at radius 2 is 1.78 bits per heavy atom. The molecule has 0 spiro atoms. The normalized spacial score (nSPS) is 11.1. The van der Waals surface area contributed by atoms with Gasteiger partial charge < -0.3 is 15.1 Å². The maximum Gasteiger partial charge on any atom is 0.323 e. The van der Waals surface area contributed by atoms with E-state index in [1.807, 2.05) is 24.3 Å². The second-order valence-corrected chi connectivity index (χ2v) is 6.49. The molecule has 136 valence electrons. The first-order valence-electron chi connectivity index (χ1n) is 8.67. The summed E-state index contributed by atoms with van der Waals surface area (Å²) in [5.41, 5.74) is 3.23. The summed E-state index contributed by atoms with van der Waals surface area (Å²) >= 11 is 0. The molecule has 0 unspecified atom stereocenters. The van der Waals surface area contributed by atoms with Gasteiger partial charge in [0.25, 0.3) is 0 Å². The number of nitrogens with one attached hydrogen (secondary N) is 2. The fourth-order valence-electron chi connectivity index (χ4n) is 2.71. The SMILES string of the molecule is CC(C)c1ccc(NC(=O)Nc2ccc3nc(-c4ccco4)nn3c2)cc1. The Hall–Kier alpha value is -3.61. The molecular formula is C20H19N5O2. The fraction of sp³-hybridized carbons (Fsp3) is 0.150. The highest BCUT2D eigenvalue weighted by Gasteiger charge is 2.10. The number of nitrogens with zero attached hydrogens (tertiary/aromatic N) is 3. The Kier molecular flexibility index (Phi) is 4.33. The third-order valence-electron chi connectivity index (χ3n) is 4.17. The fourth-order valence-corrected chi connectivity index (χ4v) is 2.71. The van der Waals surface area contributed by atoms with Crippen LogP contribution in [0.4, 0.5) is 16.2 Å². The minimum absolute atomic E-state index is 0.321. The van der Waals surface area contributed by atoms with E-state index >= 15 is 0 Å². The van der Waals surface area contributed by atoms with Gasteiger partial charge in [0.2, 0.25) is 5.82 Å². The molecule has 0 fully saturated rings. The summed E-state index contributed by atoms with van der Waals surface area (Å²) in [6.07, 6.45) is 3.28. The first-order chi connectivity index (χ1) is 13.1. The molecule has 3 heterocycles. The molecule has 0 bridgehead atoms. The van der Waals surface area contributed by atoms with Gasteiger partial charge in [0.05, 0.1) is 18.1 Å². The number of benzene rings is 1. The van der Waals surface area contributed by atoms with Crippen molar-refractivity contribution >= 4 is 23.1 Å². The van der Waals surface area contributed by atoms with E-state index in [4.69, 9.17) is 4.42 Å². The highest BCUT2D eigenvalue weighted by Crippen LogP contribution is 2.19. The van der Waals surface area contributed by atoms with Crippen LogP contribution < -0.4 is 10.6 Å². The lowest BCUT2D eigenvalue weighted by molar-refractivity contribution is 0.262. The topological polar surface area (TPSA) is 84.5 Å². The van der Waals surface area contributed by atoms with E-state index < -0.39 is 0 Å². The maximum absolute atomic E-state index is 12.2. The summed E-state index contributed by atoms with van der Waals surface area (Å²) in [6, 6.07) is 14.6. The van der Waals surface area contributed by atoms with Crippen molar-refractivity contribution < 1.29 is 9.21 Å². The molecule has 4 aromatic rings. The van der Waals surface area contributed by atoms with Crippen LogP contribution in [0.25, 0.3) is 17.2 Å². The van der Waals surface area contributed by atoms with Crippen LogP contribution in [0.5, 0.6) is 0 Å². The molecule has 0 saturated heterocycles. The van der Waals surface area contributed by atoms with Crippen LogP contribution in [-0.2, 0) is 0 Å². The van der Waals surface area contributed by atoms with Crippen LogP contribution in [-0.4, -0.2) is 20.6 Å². The molecule has 0 radical (unpaired) electrons. The lowest BCUT2D eigenvalue weighted by Gasteiger charge is -2.09. The third kappa shape index (κ3) is 3.67. The molecule has 7 nitrogen and oxygen atoms in total. The van der Waals surface area contributed by atoms with E-state index in [-0.39, 0.29) is 6.03 Å². The number of hydrogen-bond donors (Lipinski definition) is 2. The zero-order valence-corrected chi connectivity index (χ0v) is 15.0. The van der Waals surface area contributed by atoms with Gasteiger partial charge in [-0.15, -0.1) is 5.10 Å². The lowest BCUT2D eigenvalue weighted by atomic mass is 10.0. The van der Waals surface area contributed by atoms with Gasteiger partial charge in [-0.1, -0.05) is 26.0 Å². The van der Waals surface area contributed by atoms with Crippen LogP contribution in [0, 0.1) is 0 Å². The number of aromatic nitrogens is 3. The van der Waals surface area contributed by atoms with Gasteiger partial charge in [-0.05, 0) is 47.9 Å². The number of fused-ring (bicyclic) bond motifs is 1. The molecular weight excluding hydrogens is 342 g/mol. The summed E-state index contributed by atoms with van der Waals surface area (Å²) in [6.45, 7) is 4.26. The minimum atomic E-state index is -0.321. The van der Waals surface area contributed by atoms with Gasteiger partial charge in [-0.2, -0.15) is 0 Å². The van der Waals surface area contributed by atoms with Crippen molar-refractivity contribution in [2.45, 2.75) is 19.8 Å². The molecule has 27 heavy (non-hydrogen) atoms. The number of rotatable bonds is 4. The highest BCUT2D eigenvalue weighted by molar-refractivity contribution is 5.99. The van der Waals surface area contributed by atoms with Crippen LogP contribution in [0.1, 0.15) is 25.3 Å². The quantitative estimate of drug-likeness (QED) is 0.549. The lowest BCUT2D eigenvalue weighted by Crippen LogP contribution is -2.19. The van der Waals surface area contributed by atoms with Gasteiger partial charge in [-0.3, -0.25) is 0 Å². The number of carbonyl (C=O) groups is 1. The Labute approximate surface area is 156 Å². The molecule has 1 aromatic carbocycles. The average Bonchev–Trinajstić information content (AvgIpc) is 3.31. The standard InChI is InChI=1S/C20H19N5O2/c1-13(2)14-5-7-15(8-6-14)21-20(26)22-16-9-10-18-23-19(24-25(18)12-16)17-4-3-11-27-17/h3-13H,1-2H3,(H2,21,22,26). The van der Waals surface area contributed by atoms with Crippen LogP contribution >= 0.6 is 0 Å². The molecule has 0 aliphatic rings. The molecule has 0 aliphatic carbocycles. The summed E-state index contributed by atoms with van der Waals surface area (Å²) < 4.78 is 6.92. The molecule has 2 amide bonds. The summed E-state index contributed by atoms with van der Waals surface area (Å²) in [5, 5.41) is 10.00. The van der Waals surface area contributed by atoms with Gasteiger partial charge in [-0.25, -0.2) is 14.3 Å². The van der Waals surface area contributed by atoms with Crippen molar-refractivity contribution in [1.29, 1.82) is 0 Å². The smallest absolute Gasteiger partial charge is 0.323 e. The maximum atomic E-state index is 12.2. The van der Waals surface area contributed by atoms with Gasteiger partial charge in [0.1, 0.15) is 0 Å². The monoisotopic (exact) mass is 361 g/mol. The van der Waals surface area contributed by atoms with E-state index in [0.717, 1.165) is 5.69 Å². The van der Waals surface area contributed by atoms with Crippen molar-refractivity contribution in [1.82, 2.24) is 14.6 Å². The Morgan fingerprint density at radius 1 is 1.04 bits per heavy atom. The molecule has 0 atom stereocenters. The number of carbonyl (C=O) groups excluding carboxylic acids is 1. The second-order valence-electron chi connectivity index (χ2n) is 6.49. The Bertz CT molecular complexity index is 1070. The molecule has 2 N–H and O–H groups in total. The van der Waals surface area contributed by atoms with Gasteiger partial charge in [0.15, 0.2) is 11.4 Å². The molecule has 4 rings (SSSR count). The van der Waals surface area contributed by atoms with E-state index in [0.29, 0.717) is 28.8 Å². The molecule has 7 heteroatoms. The second kappa shape index (κ2) is 6.95. The van der Waals surface area contributed by atoms with Crippen molar-refractivity contribution in [3.63, 3.8) is 0 Å². The first kappa shape index (κ1) is 16.8. The van der Waals surface area contributed by atoms with E-state index in [1.165, 1.54) is 5.56 Å². The van der Waals surface area contributed by atoms with E-state index in [2.05, 4.69) is 34.6 Å². The first-order valence-corrected chi connectivity index (χ1v) is 8.67. The number of furan rings is 1. The predicted octanol–water partition coefficient (Wildman–Crippen LogP) is 4.76. The third-order valence-corrected chi connectivity index (χ3v) is 4.17. The van der Waals surface area contributed by atoms with Crippen LogP contribution in [0.15, 0.2) is 65.4 Å². The average molecular weight is 361 g/mol. The number of anilines is 2. The van der Waals surface area contributed by atoms with Gasteiger partial charge in [0, 0.05) is 5.69 Å². The van der Waals surface area contributed by atoms with E-state index in [9.17, 15) is 4.79 Å². The van der Waals surface area contributed by atoms with Crippen LogP contribution in [0.3, 0.4) is 0 Å². The Balaban J connectivity index is 1.46. The number of urea groups is 1. The number of amides is 2. The number of hydrogen-bond acceptors (Lipinski definition) is 4. The van der Waals surface area contributed by atoms with Gasteiger partial charge >= 0.3 is 6.03 Å². The van der Waals surface area contributed by atoms with Crippen LogP contribution in [0.2, 0.25) is 0 Å². The van der Waals surface area contributed by atoms with E-state index in [1.54, 1.807) is 41.2 Å². The van der Waals surface area contributed by atoms with Crippen molar-refractivity contribution in [3.05, 3.63) is 66.6 Å². The zero-order chi connectivity index (χ0) is 18.8. The van der Waals surface area contributed by atoms with Crippen molar-refractivity contribution in [2.24, 2.45) is 0 Å². The molecule has 3 aromatic heterocycles. The summed E-state index contributed by atoms with van der Waals surface area (Å²) in [5.74, 6) is 1.54. The highest BCUT2D eigenvalue weighted by atomic mass is 16.3. The zero-order valence-electron chi connectivity index (χ0n) is 15.0.